The Labute approximate surface area is 136 Å². The summed E-state index contributed by atoms with van der Waals surface area (Å²) in [6, 6.07) is 0. The van der Waals surface area contributed by atoms with Gasteiger partial charge in [-0.15, -0.1) is 0 Å². The number of carbonyl (C=O) groups is 1. The lowest BCUT2D eigenvalue weighted by Crippen LogP contribution is -2.31. The number of rotatable bonds is 7. The zero-order chi connectivity index (χ0) is 15.9. The molecule has 5 heteroatoms. The van der Waals surface area contributed by atoms with Gasteiger partial charge in [0.05, 0.1) is 0 Å². The zero-order valence-corrected chi connectivity index (χ0v) is 15.3. The molecule has 0 aliphatic heterocycles. The van der Waals surface area contributed by atoms with Crippen LogP contribution in [-0.4, -0.2) is 36.1 Å². The summed E-state index contributed by atoms with van der Waals surface area (Å²) >= 11 is 0. The van der Waals surface area contributed by atoms with E-state index in [-0.39, 0.29) is 0 Å². The van der Waals surface area contributed by atoms with Gasteiger partial charge in [-0.2, -0.15) is 0 Å². The van der Waals surface area contributed by atoms with Crippen LogP contribution in [0.15, 0.2) is 0 Å². The molecule has 0 N–H and O–H groups in total. The molecule has 2 aliphatic rings. The summed E-state index contributed by atoms with van der Waals surface area (Å²) in [5, 5.41) is 0. The molecule has 0 aromatic rings. The van der Waals surface area contributed by atoms with E-state index in [0.29, 0.717) is 11.7 Å². The average Bonchev–Trinajstić information content (AvgIpc) is 2.56. The van der Waals surface area contributed by atoms with Crippen LogP contribution in [0.25, 0.3) is 0 Å². The molecular weight excluding hydrogens is 296 g/mol. The van der Waals surface area contributed by atoms with Gasteiger partial charge >= 0.3 is 9.53 Å². The summed E-state index contributed by atoms with van der Waals surface area (Å²) in [5.74, 6) is 3.47. The Balaban J connectivity index is 1.68. The number of Topliss-reactive ketones (excluding diaryl/α,β-unsaturated/α-hetero) is 1. The molecule has 2 rings (SSSR count). The molecular formula is C17H31O4Si. The van der Waals surface area contributed by atoms with Gasteiger partial charge in [0.25, 0.3) is 0 Å². The number of hydrogen-bond acceptors (Lipinski definition) is 4. The molecule has 4 nitrogen and oxygen atoms in total. The zero-order valence-electron chi connectivity index (χ0n) is 14.3. The van der Waals surface area contributed by atoms with Gasteiger partial charge in [0, 0.05) is 33.7 Å². The van der Waals surface area contributed by atoms with E-state index < -0.39 is 9.53 Å². The third-order valence-corrected chi connectivity index (χ3v) is 6.74. The molecule has 0 heterocycles. The Kier molecular flexibility index (Phi) is 7.54. The summed E-state index contributed by atoms with van der Waals surface area (Å²) in [5.41, 5.74) is 0. The van der Waals surface area contributed by atoms with E-state index in [0.717, 1.165) is 50.0 Å². The van der Waals surface area contributed by atoms with Crippen molar-refractivity contribution >= 4 is 15.3 Å². The molecule has 2 aliphatic carbocycles. The van der Waals surface area contributed by atoms with E-state index in [1.165, 1.54) is 25.7 Å². The first-order valence-corrected chi connectivity index (χ1v) is 9.96. The highest BCUT2D eigenvalue weighted by atomic mass is 28.3. The van der Waals surface area contributed by atoms with Crippen LogP contribution in [0.1, 0.15) is 58.3 Å². The second-order valence-corrected chi connectivity index (χ2v) is 8.60. The summed E-state index contributed by atoms with van der Waals surface area (Å²) in [6.07, 6.45) is 9.21. The molecule has 0 aromatic carbocycles. The summed E-state index contributed by atoms with van der Waals surface area (Å²) in [7, 11) is 1.76. The molecule has 22 heavy (non-hydrogen) atoms. The third-order valence-electron chi connectivity index (χ3n) is 5.67. The van der Waals surface area contributed by atoms with Crippen LogP contribution >= 0.6 is 0 Å². The lowest BCUT2D eigenvalue weighted by atomic mass is 9.69. The fraction of sp³-hybridized carbons (Fsp3) is 0.941. The minimum atomic E-state index is -1.52. The van der Waals surface area contributed by atoms with E-state index in [4.69, 9.17) is 13.3 Å². The minimum Gasteiger partial charge on any atom is -0.375 e. The summed E-state index contributed by atoms with van der Waals surface area (Å²) < 4.78 is 16.1. The second-order valence-electron chi connectivity index (χ2n) is 7.00. The molecule has 0 bridgehead atoms. The van der Waals surface area contributed by atoms with Gasteiger partial charge in [-0.1, -0.05) is 6.92 Å². The highest BCUT2D eigenvalue weighted by Gasteiger charge is 2.32. The molecule has 0 saturated heterocycles. The van der Waals surface area contributed by atoms with Crippen molar-refractivity contribution in [1.82, 2.24) is 0 Å². The number of carbonyl (C=O) groups excluding carboxylic acids is 1. The van der Waals surface area contributed by atoms with Crippen molar-refractivity contribution in [2.24, 2.45) is 23.7 Å². The summed E-state index contributed by atoms with van der Waals surface area (Å²) in [6.45, 7) is 3.03. The van der Waals surface area contributed by atoms with Crippen LogP contribution in [0.5, 0.6) is 0 Å². The van der Waals surface area contributed by atoms with Crippen LogP contribution in [0.4, 0.5) is 0 Å². The first-order chi connectivity index (χ1) is 10.6. The maximum absolute atomic E-state index is 11.4. The van der Waals surface area contributed by atoms with E-state index in [2.05, 4.69) is 6.92 Å². The highest BCUT2D eigenvalue weighted by molar-refractivity contribution is 6.36. The van der Waals surface area contributed by atoms with E-state index in [1.807, 2.05) is 0 Å². The van der Waals surface area contributed by atoms with Crippen molar-refractivity contribution in [3.8, 4) is 0 Å². The standard InChI is InChI=1S/C17H31O4Si/c1-13(12-21-22(19-2)20-3)14-4-6-15(7-5-14)16-8-10-17(18)11-9-16/h13-16H,4-12H2,1-3H3. The molecule has 1 radical (unpaired) electrons. The molecule has 1 unspecified atom stereocenters. The van der Waals surface area contributed by atoms with Crippen molar-refractivity contribution in [2.75, 3.05) is 20.8 Å². The minimum absolute atomic E-state index is 0.476. The van der Waals surface area contributed by atoms with Gasteiger partial charge in [0.1, 0.15) is 5.78 Å². The van der Waals surface area contributed by atoms with Gasteiger partial charge < -0.3 is 13.3 Å². The predicted octanol–water partition coefficient (Wildman–Crippen LogP) is 3.48. The molecule has 0 aromatic heterocycles. The van der Waals surface area contributed by atoms with Crippen molar-refractivity contribution in [1.29, 1.82) is 0 Å². The van der Waals surface area contributed by atoms with Gasteiger partial charge in [0.2, 0.25) is 0 Å². The second kappa shape index (κ2) is 9.16. The van der Waals surface area contributed by atoms with E-state index in [1.54, 1.807) is 14.2 Å². The lowest BCUT2D eigenvalue weighted by molar-refractivity contribution is -0.121. The molecule has 0 amide bonds. The van der Waals surface area contributed by atoms with Crippen LogP contribution in [0, 0.1) is 23.7 Å². The van der Waals surface area contributed by atoms with Crippen LogP contribution in [0.2, 0.25) is 0 Å². The van der Waals surface area contributed by atoms with Crippen LogP contribution in [-0.2, 0) is 18.1 Å². The average molecular weight is 328 g/mol. The Bertz CT molecular complexity index is 328. The first kappa shape index (κ1) is 18.1. The van der Waals surface area contributed by atoms with Crippen molar-refractivity contribution in [3.05, 3.63) is 0 Å². The fourth-order valence-electron chi connectivity index (χ4n) is 4.16. The topological polar surface area (TPSA) is 44.8 Å². The largest absolute Gasteiger partial charge is 0.577 e. The normalized spacial score (nSPS) is 29.0. The predicted molar refractivity (Wildman–Crippen MR) is 87.3 cm³/mol. The number of hydrogen-bond donors (Lipinski definition) is 0. The van der Waals surface area contributed by atoms with Gasteiger partial charge in [-0.3, -0.25) is 4.79 Å². The lowest BCUT2D eigenvalue weighted by Gasteiger charge is -2.37. The van der Waals surface area contributed by atoms with Crippen LogP contribution < -0.4 is 0 Å². The third kappa shape index (κ3) is 5.15. The Morgan fingerprint density at radius 2 is 1.55 bits per heavy atom. The quantitative estimate of drug-likeness (QED) is 0.672. The first-order valence-electron chi connectivity index (χ1n) is 8.73. The molecule has 1 atom stereocenters. The van der Waals surface area contributed by atoms with Gasteiger partial charge in [-0.25, -0.2) is 0 Å². The Hall–Kier alpha value is -0.233. The molecule has 127 valence electrons. The fourth-order valence-corrected chi connectivity index (χ4v) is 4.96. The van der Waals surface area contributed by atoms with Crippen molar-refractivity contribution in [3.63, 3.8) is 0 Å². The van der Waals surface area contributed by atoms with Crippen molar-refractivity contribution in [2.45, 2.75) is 58.3 Å². The smallest absolute Gasteiger partial charge is 0.375 e. The Morgan fingerprint density at radius 1 is 1.00 bits per heavy atom. The van der Waals surface area contributed by atoms with Crippen molar-refractivity contribution < 1.29 is 18.1 Å². The molecule has 2 saturated carbocycles. The van der Waals surface area contributed by atoms with Gasteiger partial charge in [0.15, 0.2) is 0 Å². The van der Waals surface area contributed by atoms with Gasteiger partial charge in [-0.05, 0) is 62.2 Å². The maximum atomic E-state index is 11.4. The highest BCUT2D eigenvalue weighted by Crippen LogP contribution is 2.41. The summed E-state index contributed by atoms with van der Waals surface area (Å²) in [4.78, 5) is 11.4. The van der Waals surface area contributed by atoms with Crippen LogP contribution in [0.3, 0.4) is 0 Å². The van der Waals surface area contributed by atoms with E-state index in [9.17, 15) is 4.79 Å². The maximum Gasteiger partial charge on any atom is 0.577 e. The number of ketones is 1. The Morgan fingerprint density at radius 3 is 2.09 bits per heavy atom. The molecule has 2 fully saturated rings. The SMILES string of the molecule is CO[Si](OC)OCC(C)C1CCC(C2CCC(=O)CC2)CC1. The molecule has 0 spiro atoms. The van der Waals surface area contributed by atoms with E-state index >= 15 is 0 Å². The monoisotopic (exact) mass is 327 g/mol.